The van der Waals surface area contributed by atoms with E-state index in [1.807, 2.05) is 20.8 Å². The van der Waals surface area contributed by atoms with E-state index in [0.717, 1.165) is 12.8 Å². The van der Waals surface area contributed by atoms with Crippen molar-refractivity contribution >= 4 is 5.97 Å². The van der Waals surface area contributed by atoms with E-state index in [4.69, 9.17) is 10.2 Å². The van der Waals surface area contributed by atoms with E-state index in [1.165, 1.54) is 0 Å². The summed E-state index contributed by atoms with van der Waals surface area (Å²) >= 11 is 0. The lowest BCUT2D eigenvalue weighted by atomic mass is 10.0. The average Bonchev–Trinajstić information content (AvgIpc) is 2.17. The topological polar surface area (TPSA) is 69.6 Å². The predicted molar refractivity (Wildman–Crippen MR) is 59.8 cm³/mol. The molecule has 0 aromatic carbocycles. The summed E-state index contributed by atoms with van der Waals surface area (Å²) in [5, 5.41) is 21.1. The molecule has 0 saturated carbocycles. The maximum atomic E-state index is 10.9. The van der Waals surface area contributed by atoms with Crippen molar-refractivity contribution in [2.24, 2.45) is 5.92 Å². The van der Waals surface area contributed by atoms with E-state index in [1.54, 1.807) is 0 Å². The van der Waals surface area contributed by atoms with Gasteiger partial charge in [-0.3, -0.25) is 10.1 Å². The number of nitrogens with one attached hydrogen (secondary N) is 1. The van der Waals surface area contributed by atoms with Gasteiger partial charge in [0.1, 0.15) is 6.04 Å². The summed E-state index contributed by atoms with van der Waals surface area (Å²) in [7, 11) is 0. The fourth-order valence-electron chi connectivity index (χ4n) is 1.40. The molecule has 0 aromatic rings. The molecule has 0 aliphatic heterocycles. The lowest BCUT2D eigenvalue weighted by Crippen LogP contribution is -2.47. The van der Waals surface area contributed by atoms with Gasteiger partial charge in [0.15, 0.2) is 0 Å². The standard InChI is InChI=1S/C11H23NO3/c1-4-5-6-9(11(14)15)12-10(7-13)8(2)3/h8-10,12-13H,4-7H2,1-3H3,(H,14,15). The van der Waals surface area contributed by atoms with Crippen LogP contribution in [0.25, 0.3) is 0 Å². The summed E-state index contributed by atoms with van der Waals surface area (Å²) in [5.74, 6) is -0.596. The van der Waals surface area contributed by atoms with Gasteiger partial charge in [0.05, 0.1) is 6.61 Å². The zero-order valence-corrected chi connectivity index (χ0v) is 9.86. The first kappa shape index (κ1) is 14.4. The molecule has 0 rings (SSSR count). The van der Waals surface area contributed by atoms with Crippen molar-refractivity contribution in [1.29, 1.82) is 0 Å². The predicted octanol–water partition coefficient (Wildman–Crippen LogP) is 1.24. The molecule has 0 heterocycles. The molecule has 0 fully saturated rings. The number of carbonyl (C=O) groups is 1. The van der Waals surface area contributed by atoms with Crippen LogP contribution in [0.5, 0.6) is 0 Å². The van der Waals surface area contributed by atoms with Crippen LogP contribution in [0.3, 0.4) is 0 Å². The van der Waals surface area contributed by atoms with Gasteiger partial charge in [-0.15, -0.1) is 0 Å². The Bertz CT molecular complexity index is 183. The van der Waals surface area contributed by atoms with Crippen LogP contribution in [0.1, 0.15) is 40.0 Å². The minimum Gasteiger partial charge on any atom is -0.480 e. The fraction of sp³-hybridized carbons (Fsp3) is 0.909. The van der Waals surface area contributed by atoms with Crippen LogP contribution < -0.4 is 5.32 Å². The number of unbranched alkanes of at least 4 members (excludes halogenated alkanes) is 1. The van der Waals surface area contributed by atoms with Crippen molar-refractivity contribution in [2.45, 2.75) is 52.1 Å². The number of carboxylic acid groups (broad SMARTS) is 1. The highest BCUT2D eigenvalue weighted by atomic mass is 16.4. The lowest BCUT2D eigenvalue weighted by Gasteiger charge is -2.24. The van der Waals surface area contributed by atoms with E-state index in [-0.39, 0.29) is 18.6 Å². The first-order valence-electron chi connectivity index (χ1n) is 5.62. The van der Waals surface area contributed by atoms with E-state index in [2.05, 4.69) is 5.32 Å². The number of carboxylic acids is 1. The van der Waals surface area contributed by atoms with Crippen molar-refractivity contribution in [1.82, 2.24) is 5.32 Å². The number of aliphatic hydroxyl groups is 1. The zero-order chi connectivity index (χ0) is 11.8. The summed E-state index contributed by atoms with van der Waals surface area (Å²) in [5.41, 5.74) is 0. The van der Waals surface area contributed by atoms with Gasteiger partial charge in [0.2, 0.25) is 0 Å². The third-order valence-corrected chi connectivity index (χ3v) is 2.56. The monoisotopic (exact) mass is 217 g/mol. The molecular weight excluding hydrogens is 194 g/mol. The number of aliphatic carboxylic acids is 1. The van der Waals surface area contributed by atoms with Crippen LogP contribution >= 0.6 is 0 Å². The molecule has 3 N–H and O–H groups in total. The van der Waals surface area contributed by atoms with E-state index < -0.39 is 12.0 Å². The Hall–Kier alpha value is -0.610. The minimum atomic E-state index is -0.831. The quantitative estimate of drug-likeness (QED) is 0.572. The van der Waals surface area contributed by atoms with Crippen molar-refractivity contribution < 1.29 is 15.0 Å². The molecule has 2 unspecified atom stereocenters. The van der Waals surface area contributed by atoms with Crippen molar-refractivity contribution in [3.8, 4) is 0 Å². The Morgan fingerprint density at radius 1 is 1.40 bits per heavy atom. The molecule has 90 valence electrons. The first-order valence-corrected chi connectivity index (χ1v) is 5.62. The Morgan fingerprint density at radius 2 is 2.00 bits per heavy atom. The van der Waals surface area contributed by atoms with Crippen molar-refractivity contribution in [3.05, 3.63) is 0 Å². The van der Waals surface area contributed by atoms with Gasteiger partial charge in [-0.2, -0.15) is 0 Å². The molecule has 4 nitrogen and oxygen atoms in total. The van der Waals surface area contributed by atoms with Gasteiger partial charge in [0.25, 0.3) is 0 Å². The second-order valence-corrected chi connectivity index (χ2v) is 4.23. The molecule has 0 bridgehead atoms. The molecule has 15 heavy (non-hydrogen) atoms. The third kappa shape index (κ3) is 5.74. The van der Waals surface area contributed by atoms with Gasteiger partial charge in [-0.25, -0.2) is 0 Å². The summed E-state index contributed by atoms with van der Waals surface area (Å²) in [6, 6.07) is -0.674. The maximum Gasteiger partial charge on any atom is 0.320 e. The second-order valence-electron chi connectivity index (χ2n) is 4.23. The van der Waals surface area contributed by atoms with E-state index in [0.29, 0.717) is 6.42 Å². The van der Waals surface area contributed by atoms with Gasteiger partial charge in [-0.1, -0.05) is 33.6 Å². The zero-order valence-electron chi connectivity index (χ0n) is 9.86. The Balaban J connectivity index is 4.18. The molecule has 0 saturated heterocycles. The fourth-order valence-corrected chi connectivity index (χ4v) is 1.40. The second kappa shape index (κ2) is 7.65. The normalized spacial score (nSPS) is 15.3. The number of rotatable bonds is 8. The Kier molecular flexibility index (Phi) is 7.34. The SMILES string of the molecule is CCCCC(NC(CO)C(C)C)C(=O)O. The van der Waals surface area contributed by atoms with Crippen LogP contribution in [0, 0.1) is 5.92 Å². The molecular formula is C11H23NO3. The summed E-state index contributed by atoms with van der Waals surface area (Å²) < 4.78 is 0. The van der Waals surface area contributed by atoms with Crippen LogP contribution in [-0.4, -0.2) is 34.9 Å². The van der Waals surface area contributed by atoms with Gasteiger partial charge in [-0.05, 0) is 12.3 Å². The highest BCUT2D eigenvalue weighted by molar-refractivity contribution is 5.73. The molecule has 0 spiro atoms. The Morgan fingerprint density at radius 3 is 2.33 bits per heavy atom. The minimum absolute atomic E-state index is 0.0203. The third-order valence-electron chi connectivity index (χ3n) is 2.56. The molecule has 0 amide bonds. The van der Waals surface area contributed by atoms with Gasteiger partial charge in [0, 0.05) is 6.04 Å². The highest BCUT2D eigenvalue weighted by Gasteiger charge is 2.22. The highest BCUT2D eigenvalue weighted by Crippen LogP contribution is 2.06. The molecule has 0 aromatic heterocycles. The molecule has 0 radical (unpaired) electrons. The van der Waals surface area contributed by atoms with Gasteiger partial charge < -0.3 is 10.2 Å². The average molecular weight is 217 g/mol. The number of hydrogen-bond acceptors (Lipinski definition) is 3. The van der Waals surface area contributed by atoms with E-state index >= 15 is 0 Å². The molecule has 0 aliphatic rings. The van der Waals surface area contributed by atoms with Crippen LogP contribution in [0.2, 0.25) is 0 Å². The number of aliphatic hydroxyl groups excluding tert-OH is 1. The van der Waals surface area contributed by atoms with Crippen LogP contribution in [0.15, 0.2) is 0 Å². The van der Waals surface area contributed by atoms with Crippen molar-refractivity contribution in [2.75, 3.05) is 6.61 Å². The molecule has 2 atom stereocenters. The lowest BCUT2D eigenvalue weighted by molar-refractivity contribution is -0.140. The largest absolute Gasteiger partial charge is 0.480 e. The summed E-state index contributed by atoms with van der Waals surface area (Å²) in [6.07, 6.45) is 2.49. The Labute approximate surface area is 91.7 Å². The summed E-state index contributed by atoms with van der Waals surface area (Å²) in [4.78, 5) is 10.9. The van der Waals surface area contributed by atoms with E-state index in [9.17, 15) is 4.79 Å². The molecule has 4 heteroatoms. The summed E-state index contributed by atoms with van der Waals surface area (Å²) in [6.45, 7) is 5.94. The number of hydrogen-bond donors (Lipinski definition) is 3. The van der Waals surface area contributed by atoms with Gasteiger partial charge >= 0.3 is 5.97 Å². The maximum absolute atomic E-state index is 10.9. The van der Waals surface area contributed by atoms with Crippen molar-refractivity contribution in [3.63, 3.8) is 0 Å². The smallest absolute Gasteiger partial charge is 0.320 e. The first-order chi connectivity index (χ1) is 7.02. The van der Waals surface area contributed by atoms with Crippen LogP contribution in [0.4, 0.5) is 0 Å². The molecule has 0 aliphatic carbocycles. The van der Waals surface area contributed by atoms with Crippen LogP contribution in [-0.2, 0) is 4.79 Å².